The van der Waals surface area contributed by atoms with Crippen molar-refractivity contribution in [3.63, 3.8) is 0 Å². The number of hydrogen-bond donors (Lipinski definition) is 0. The summed E-state index contributed by atoms with van der Waals surface area (Å²) in [5.74, 6) is -0.532. The minimum absolute atomic E-state index is 0.113. The number of benzene rings is 5. The Morgan fingerprint density at radius 3 is 1.69 bits per heavy atom. The second kappa shape index (κ2) is 15.6. The molecule has 5 aromatic rings. The van der Waals surface area contributed by atoms with Gasteiger partial charge < -0.3 is 9.16 Å². The van der Waals surface area contributed by atoms with E-state index in [1.807, 2.05) is 105 Å². The van der Waals surface area contributed by atoms with Crippen LogP contribution in [0.25, 0.3) is 0 Å². The third-order valence-electron chi connectivity index (χ3n) is 10.0. The molecular weight excluding hydrogens is 726 g/mol. The molecule has 1 aliphatic heterocycles. The Labute approximate surface area is 317 Å². The summed E-state index contributed by atoms with van der Waals surface area (Å²) in [5.41, 5.74) is 1.48. The highest BCUT2D eigenvalue weighted by atomic mass is 79.9. The topological polar surface area (TPSA) is 55.8 Å². The molecule has 0 spiro atoms. The van der Waals surface area contributed by atoms with Gasteiger partial charge in [0.2, 0.25) is 0 Å². The van der Waals surface area contributed by atoms with Crippen molar-refractivity contribution >= 4 is 46.6 Å². The first-order valence-corrected chi connectivity index (χ1v) is 20.6. The van der Waals surface area contributed by atoms with Gasteiger partial charge in [0.15, 0.2) is 5.60 Å². The zero-order chi connectivity index (χ0) is 36.9. The molecule has 0 aromatic heterocycles. The standard InChI is InChI=1S/C45H46BrNO4Si/c1-33(2)42-45(35-19-10-6-11-20-35,36-21-12-7-13-22-36)50-43(49)47(42)41(48)28-18-27-40(34-29-31-37(46)32-30-34)51-52(44(3,4)5,38-23-14-8-15-24-38)39-25-16-9-17-26-39/h6-26,28-33,40,42H,27H2,1-5H3/b28-18+/t40-,42+/m1/s1. The van der Waals surface area contributed by atoms with Gasteiger partial charge >= 0.3 is 6.09 Å². The number of ether oxygens (including phenoxy) is 1. The Bertz CT molecular complexity index is 1900. The molecule has 1 saturated heterocycles. The van der Waals surface area contributed by atoms with E-state index in [0.717, 1.165) is 21.2 Å². The van der Waals surface area contributed by atoms with Crippen LogP contribution in [0.1, 0.15) is 63.8 Å². The number of cyclic esters (lactones) is 1. The maximum atomic E-state index is 14.3. The molecule has 6 rings (SSSR count). The van der Waals surface area contributed by atoms with E-state index < -0.39 is 32.0 Å². The van der Waals surface area contributed by atoms with E-state index in [2.05, 4.69) is 97.4 Å². The summed E-state index contributed by atoms with van der Waals surface area (Å²) >= 11 is 3.60. The molecule has 0 radical (unpaired) electrons. The molecule has 1 heterocycles. The number of imide groups is 1. The zero-order valence-electron chi connectivity index (χ0n) is 30.4. The molecule has 1 aliphatic rings. The summed E-state index contributed by atoms with van der Waals surface area (Å²) in [6.45, 7) is 10.8. The first-order chi connectivity index (χ1) is 25.0. The van der Waals surface area contributed by atoms with Crippen molar-refractivity contribution in [1.82, 2.24) is 4.90 Å². The van der Waals surface area contributed by atoms with Crippen molar-refractivity contribution in [3.8, 4) is 0 Å². The van der Waals surface area contributed by atoms with Crippen LogP contribution in [0, 0.1) is 5.92 Å². The Kier molecular flexibility index (Phi) is 11.1. The molecule has 266 valence electrons. The summed E-state index contributed by atoms with van der Waals surface area (Å²) in [6, 6.07) is 48.2. The molecule has 5 nitrogen and oxygen atoms in total. The molecule has 2 amide bonds. The molecule has 0 saturated carbocycles. The third-order valence-corrected chi connectivity index (χ3v) is 15.6. The van der Waals surface area contributed by atoms with E-state index >= 15 is 0 Å². The number of amides is 2. The van der Waals surface area contributed by atoms with Crippen LogP contribution in [0.3, 0.4) is 0 Å². The third kappa shape index (κ3) is 7.10. The molecule has 52 heavy (non-hydrogen) atoms. The number of rotatable bonds is 11. The molecule has 0 unspecified atom stereocenters. The van der Waals surface area contributed by atoms with Gasteiger partial charge in [-0.3, -0.25) is 4.79 Å². The fourth-order valence-electron chi connectivity index (χ4n) is 7.74. The molecule has 0 aliphatic carbocycles. The lowest BCUT2D eigenvalue weighted by Gasteiger charge is -2.45. The largest absolute Gasteiger partial charge is 0.430 e. The summed E-state index contributed by atoms with van der Waals surface area (Å²) in [7, 11) is -2.96. The summed E-state index contributed by atoms with van der Waals surface area (Å²) in [4.78, 5) is 29.5. The Morgan fingerprint density at radius 2 is 1.25 bits per heavy atom. The average molecular weight is 773 g/mol. The average Bonchev–Trinajstić information content (AvgIpc) is 3.48. The van der Waals surface area contributed by atoms with Gasteiger partial charge in [-0.1, -0.05) is 190 Å². The highest BCUT2D eigenvalue weighted by Gasteiger charge is 2.59. The predicted octanol–water partition coefficient (Wildman–Crippen LogP) is 9.96. The lowest BCUT2D eigenvalue weighted by molar-refractivity contribution is -0.125. The minimum atomic E-state index is -2.96. The van der Waals surface area contributed by atoms with Crippen LogP contribution in [0.15, 0.2) is 162 Å². The minimum Gasteiger partial charge on any atom is -0.430 e. The summed E-state index contributed by atoms with van der Waals surface area (Å²) in [5, 5.41) is 2.10. The molecule has 0 N–H and O–H groups in total. The first-order valence-electron chi connectivity index (χ1n) is 17.9. The van der Waals surface area contributed by atoms with Gasteiger partial charge in [-0.05, 0) is 51.5 Å². The van der Waals surface area contributed by atoms with Crippen LogP contribution < -0.4 is 10.4 Å². The smallest absolute Gasteiger partial charge is 0.418 e. The summed E-state index contributed by atoms with van der Waals surface area (Å²) in [6.07, 6.45) is 2.73. The fourth-order valence-corrected chi connectivity index (χ4v) is 12.7. The molecular formula is C45H46BrNO4Si. The fraction of sp³-hybridized carbons (Fsp3) is 0.244. The van der Waals surface area contributed by atoms with Crippen LogP contribution in [-0.2, 0) is 19.6 Å². The molecule has 2 atom stereocenters. The van der Waals surface area contributed by atoms with Crippen molar-refractivity contribution in [1.29, 1.82) is 0 Å². The van der Waals surface area contributed by atoms with Crippen LogP contribution in [0.2, 0.25) is 5.04 Å². The molecule has 7 heteroatoms. The maximum absolute atomic E-state index is 14.3. The van der Waals surface area contributed by atoms with Gasteiger partial charge in [0, 0.05) is 15.6 Å². The Balaban J connectivity index is 1.38. The van der Waals surface area contributed by atoms with Crippen LogP contribution >= 0.6 is 15.9 Å². The monoisotopic (exact) mass is 771 g/mol. The van der Waals surface area contributed by atoms with E-state index in [0.29, 0.717) is 6.42 Å². The number of nitrogens with zero attached hydrogens (tertiary/aromatic N) is 1. The van der Waals surface area contributed by atoms with Crippen molar-refractivity contribution in [2.24, 2.45) is 5.92 Å². The number of halogens is 1. The van der Waals surface area contributed by atoms with Gasteiger partial charge in [0.1, 0.15) is 0 Å². The first kappa shape index (κ1) is 37.2. The number of carbonyl (C=O) groups is 2. The van der Waals surface area contributed by atoms with Crippen molar-refractivity contribution in [2.45, 2.75) is 63.8 Å². The van der Waals surface area contributed by atoms with Gasteiger partial charge in [-0.25, -0.2) is 9.69 Å². The van der Waals surface area contributed by atoms with Crippen molar-refractivity contribution in [2.75, 3.05) is 0 Å². The quantitative estimate of drug-likeness (QED) is 0.0992. The van der Waals surface area contributed by atoms with Crippen molar-refractivity contribution < 1.29 is 18.8 Å². The lowest BCUT2D eigenvalue weighted by Crippen LogP contribution is -2.66. The van der Waals surface area contributed by atoms with Crippen LogP contribution in [0.4, 0.5) is 4.79 Å². The van der Waals surface area contributed by atoms with Crippen LogP contribution in [-0.4, -0.2) is 31.3 Å². The maximum Gasteiger partial charge on any atom is 0.418 e. The number of carbonyl (C=O) groups excluding carboxylic acids is 2. The summed E-state index contributed by atoms with van der Waals surface area (Å²) < 4.78 is 14.9. The highest BCUT2D eigenvalue weighted by molar-refractivity contribution is 9.10. The van der Waals surface area contributed by atoms with Crippen LogP contribution in [0.5, 0.6) is 0 Å². The van der Waals surface area contributed by atoms with Gasteiger partial charge in [0.25, 0.3) is 14.2 Å². The number of hydrogen-bond acceptors (Lipinski definition) is 4. The molecule has 0 bridgehead atoms. The van der Waals surface area contributed by atoms with E-state index in [1.165, 1.54) is 21.3 Å². The SMILES string of the molecule is CC(C)[C@@H]1N(C(=O)/C=C/C[C@@H](O[Si](c2ccccc2)(c2ccccc2)C(C)(C)C)c2ccc(Br)cc2)C(=O)OC1(c1ccccc1)c1ccccc1. The van der Waals surface area contributed by atoms with Gasteiger partial charge in [-0.15, -0.1) is 0 Å². The molecule has 5 aromatic carbocycles. The van der Waals surface area contributed by atoms with Gasteiger partial charge in [-0.2, -0.15) is 0 Å². The second-order valence-corrected chi connectivity index (χ2v) is 19.9. The Hall–Kier alpha value is -4.56. The van der Waals surface area contributed by atoms with Crippen molar-refractivity contribution in [3.05, 3.63) is 179 Å². The normalized spacial score (nSPS) is 16.6. The zero-order valence-corrected chi connectivity index (χ0v) is 33.0. The van der Waals surface area contributed by atoms with E-state index in [-0.39, 0.29) is 17.1 Å². The lowest BCUT2D eigenvalue weighted by atomic mass is 9.75. The van der Waals surface area contributed by atoms with E-state index in [9.17, 15) is 9.59 Å². The predicted molar refractivity (Wildman–Crippen MR) is 215 cm³/mol. The second-order valence-electron chi connectivity index (χ2n) is 14.7. The Morgan fingerprint density at radius 1 is 0.788 bits per heavy atom. The van der Waals surface area contributed by atoms with Gasteiger partial charge in [0.05, 0.1) is 12.1 Å². The highest BCUT2D eigenvalue weighted by Crippen LogP contribution is 2.47. The molecule has 1 fully saturated rings. The van der Waals surface area contributed by atoms with E-state index in [1.54, 1.807) is 0 Å². The van der Waals surface area contributed by atoms with E-state index in [4.69, 9.17) is 9.16 Å².